The molecule has 0 bridgehead atoms. The molecule has 1 aliphatic carbocycles. The fourth-order valence-corrected chi connectivity index (χ4v) is 3.20. The molecule has 0 spiro atoms. The van der Waals surface area contributed by atoms with Crippen LogP contribution < -0.4 is 0 Å². The topological polar surface area (TPSA) is 66.8 Å². The first-order valence-corrected chi connectivity index (χ1v) is 6.91. The Balaban J connectivity index is 1.91. The van der Waals surface area contributed by atoms with Crippen LogP contribution in [0.4, 0.5) is 0 Å². The number of carbonyl (C=O) groups excluding carboxylic acids is 1. The van der Waals surface area contributed by atoms with Crippen molar-refractivity contribution < 1.29 is 19.4 Å². The number of aliphatic carboxylic acids is 1. The summed E-state index contributed by atoms with van der Waals surface area (Å²) in [6, 6.07) is 0. The maximum atomic E-state index is 12.3. The van der Waals surface area contributed by atoms with Crippen LogP contribution in [0.2, 0.25) is 0 Å². The van der Waals surface area contributed by atoms with E-state index in [4.69, 9.17) is 9.84 Å². The third kappa shape index (κ3) is 2.76. The maximum Gasteiger partial charge on any atom is 0.307 e. The van der Waals surface area contributed by atoms with Gasteiger partial charge in [-0.05, 0) is 24.2 Å². The van der Waals surface area contributed by atoms with Crippen LogP contribution in [0.1, 0.15) is 26.7 Å². The van der Waals surface area contributed by atoms with Crippen molar-refractivity contribution in [3.05, 3.63) is 0 Å². The van der Waals surface area contributed by atoms with Crippen LogP contribution >= 0.6 is 0 Å². The average molecular weight is 269 g/mol. The van der Waals surface area contributed by atoms with Gasteiger partial charge in [0.2, 0.25) is 5.91 Å². The van der Waals surface area contributed by atoms with E-state index in [1.165, 1.54) is 0 Å². The quantitative estimate of drug-likeness (QED) is 0.833. The van der Waals surface area contributed by atoms with Crippen molar-refractivity contribution in [2.75, 3.05) is 26.8 Å². The second-order valence-corrected chi connectivity index (χ2v) is 6.39. The van der Waals surface area contributed by atoms with Crippen LogP contribution in [0.25, 0.3) is 0 Å². The first-order valence-electron chi connectivity index (χ1n) is 6.91. The predicted molar refractivity (Wildman–Crippen MR) is 69.6 cm³/mol. The minimum absolute atomic E-state index is 0.0242. The molecule has 19 heavy (non-hydrogen) atoms. The van der Waals surface area contributed by atoms with Gasteiger partial charge in [0, 0.05) is 26.8 Å². The van der Waals surface area contributed by atoms with Crippen LogP contribution in [-0.2, 0) is 14.3 Å². The second kappa shape index (κ2) is 5.12. The highest BCUT2D eigenvalue weighted by Crippen LogP contribution is 2.58. The second-order valence-electron chi connectivity index (χ2n) is 6.39. The molecule has 0 unspecified atom stereocenters. The Bertz CT molecular complexity index is 374. The van der Waals surface area contributed by atoms with Crippen LogP contribution in [0, 0.1) is 23.2 Å². The summed E-state index contributed by atoms with van der Waals surface area (Å²) in [6.45, 7) is 5.95. The molecular weight excluding hydrogens is 246 g/mol. The summed E-state index contributed by atoms with van der Waals surface area (Å²) >= 11 is 0. The molecule has 1 aliphatic heterocycles. The molecule has 1 saturated heterocycles. The number of rotatable bonds is 4. The predicted octanol–water partition coefficient (Wildman–Crippen LogP) is 1.23. The van der Waals surface area contributed by atoms with E-state index in [1.54, 1.807) is 11.9 Å². The van der Waals surface area contributed by atoms with Crippen molar-refractivity contribution in [1.29, 1.82) is 0 Å². The Kier molecular flexibility index (Phi) is 3.85. The van der Waals surface area contributed by atoms with Crippen LogP contribution in [0.3, 0.4) is 0 Å². The molecule has 2 atom stereocenters. The number of amides is 1. The van der Waals surface area contributed by atoms with Crippen molar-refractivity contribution in [3.63, 3.8) is 0 Å². The summed E-state index contributed by atoms with van der Waals surface area (Å²) < 4.78 is 5.30. The number of carboxylic acid groups (broad SMARTS) is 1. The highest BCUT2D eigenvalue weighted by atomic mass is 16.5. The van der Waals surface area contributed by atoms with Crippen LogP contribution in [-0.4, -0.2) is 48.7 Å². The van der Waals surface area contributed by atoms with E-state index >= 15 is 0 Å². The van der Waals surface area contributed by atoms with Gasteiger partial charge in [-0.15, -0.1) is 0 Å². The zero-order valence-electron chi connectivity index (χ0n) is 11.9. The Hall–Kier alpha value is -1.10. The summed E-state index contributed by atoms with van der Waals surface area (Å²) in [5.74, 6) is -1.30. The number of ether oxygens (including phenoxy) is 1. The van der Waals surface area contributed by atoms with Gasteiger partial charge >= 0.3 is 5.97 Å². The molecule has 2 rings (SSSR count). The molecule has 108 valence electrons. The van der Waals surface area contributed by atoms with E-state index in [1.807, 2.05) is 13.8 Å². The Morgan fingerprint density at radius 2 is 1.84 bits per heavy atom. The average Bonchev–Trinajstić information content (AvgIpc) is 2.92. The van der Waals surface area contributed by atoms with E-state index in [-0.39, 0.29) is 11.8 Å². The number of carbonyl (C=O) groups is 2. The molecule has 0 radical (unpaired) electrons. The van der Waals surface area contributed by atoms with E-state index in [0.717, 1.165) is 26.1 Å². The van der Waals surface area contributed by atoms with Crippen LogP contribution in [0.15, 0.2) is 0 Å². The van der Waals surface area contributed by atoms with E-state index in [2.05, 4.69) is 0 Å². The lowest BCUT2D eigenvalue weighted by atomic mass is 9.99. The molecule has 2 aliphatic rings. The molecule has 1 N–H and O–H groups in total. The third-order valence-corrected chi connectivity index (χ3v) is 4.61. The molecule has 0 aromatic rings. The highest BCUT2D eigenvalue weighted by molar-refractivity contribution is 5.91. The van der Waals surface area contributed by atoms with Gasteiger partial charge in [-0.1, -0.05) is 13.8 Å². The molecular formula is C14H23NO4. The standard InChI is InChI=1S/C14H23NO4/c1-14(2)10(11(14)13(17)18)12(16)15(3)8-9-4-6-19-7-5-9/h9-11H,4-8H2,1-3H3,(H,17,18)/t10-,11+/m1/s1. The fourth-order valence-electron chi connectivity index (χ4n) is 3.20. The van der Waals surface area contributed by atoms with E-state index in [0.29, 0.717) is 12.5 Å². The Labute approximate surface area is 113 Å². The lowest BCUT2D eigenvalue weighted by molar-refractivity contribution is -0.142. The molecule has 5 heteroatoms. The van der Waals surface area contributed by atoms with Gasteiger partial charge in [0.1, 0.15) is 0 Å². The molecule has 0 aromatic heterocycles. The molecule has 1 saturated carbocycles. The van der Waals surface area contributed by atoms with Crippen molar-refractivity contribution >= 4 is 11.9 Å². The summed E-state index contributed by atoms with van der Waals surface area (Å²) in [7, 11) is 1.78. The van der Waals surface area contributed by atoms with Crippen molar-refractivity contribution in [2.24, 2.45) is 23.2 Å². The minimum Gasteiger partial charge on any atom is -0.481 e. The number of hydrogen-bond donors (Lipinski definition) is 1. The molecule has 1 heterocycles. The van der Waals surface area contributed by atoms with Gasteiger partial charge in [-0.3, -0.25) is 9.59 Å². The Morgan fingerprint density at radius 1 is 1.26 bits per heavy atom. The first-order chi connectivity index (χ1) is 8.85. The number of carboxylic acids is 1. The SMILES string of the molecule is CN(CC1CCOCC1)C(=O)[C@H]1[C@@H](C(=O)O)C1(C)C. The lowest BCUT2D eigenvalue weighted by Crippen LogP contribution is -2.36. The largest absolute Gasteiger partial charge is 0.481 e. The maximum absolute atomic E-state index is 12.3. The minimum atomic E-state index is -0.859. The van der Waals surface area contributed by atoms with E-state index in [9.17, 15) is 9.59 Å². The first kappa shape index (κ1) is 14.3. The zero-order valence-corrected chi connectivity index (χ0v) is 11.9. The molecule has 1 amide bonds. The van der Waals surface area contributed by atoms with Crippen LogP contribution in [0.5, 0.6) is 0 Å². The molecule has 0 aromatic carbocycles. The zero-order chi connectivity index (χ0) is 14.2. The normalized spacial score (nSPS) is 29.8. The van der Waals surface area contributed by atoms with Crippen molar-refractivity contribution in [2.45, 2.75) is 26.7 Å². The van der Waals surface area contributed by atoms with Gasteiger partial charge in [0.05, 0.1) is 11.8 Å². The highest BCUT2D eigenvalue weighted by Gasteiger charge is 2.66. The third-order valence-electron chi connectivity index (χ3n) is 4.61. The number of hydrogen-bond acceptors (Lipinski definition) is 3. The summed E-state index contributed by atoms with van der Waals surface area (Å²) in [5, 5.41) is 9.12. The fraction of sp³-hybridized carbons (Fsp3) is 0.857. The molecule has 2 fully saturated rings. The van der Waals surface area contributed by atoms with Crippen molar-refractivity contribution in [1.82, 2.24) is 4.90 Å². The summed E-state index contributed by atoms with van der Waals surface area (Å²) in [4.78, 5) is 25.2. The van der Waals surface area contributed by atoms with E-state index < -0.39 is 17.3 Å². The van der Waals surface area contributed by atoms with Gasteiger partial charge in [0.25, 0.3) is 0 Å². The van der Waals surface area contributed by atoms with Gasteiger partial charge in [-0.25, -0.2) is 0 Å². The summed E-state index contributed by atoms with van der Waals surface area (Å²) in [6.07, 6.45) is 1.96. The monoisotopic (exact) mass is 269 g/mol. The number of nitrogens with zero attached hydrogens (tertiary/aromatic N) is 1. The smallest absolute Gasteiger partial charge is 0.307 e. The summed E-state index contributed by atoms with van der Waals surface area (Å²) in [5.41, 5.74) is -0.410. The molecule has 5 nitrogen and oxygen atoms in total. The van der Waals surface area contributed by atoms with Gasteiger partial charge in [-0.2, -0.15) is 0 Å². The Morgan fingerprint density at radius 3 is 2.32 bits per heavy atom. The van der Waals surface area contributed by atoms with Gasteiger partial charge < -0.3 is 14.7 Å². The van der Waals surface area contributed by atoms with Gasteiger partial charge in [0.15, 0.2) is 0 Å². The lowest BCUT2D eigenvalue weighted by Gasteiger charge is -2.27. The van der Waals surface area contributed by atoms with Crippen molar-refractivity contribution in [3.8, 4) is 0 Å².